The number of ether oxygens (including phenoxy) is 1. The van der Waals surface area contributed by atoms with E-state index in [1.165, 1.54) is 104 Å². The molecule has 0 amide bonds. The summed E-state index contributed by atoms with van der Waals surface area (Å²) in [6.07, 6.45) is 0. The molecule has 1 aromatic heterocycles. The van der Waals surface area contributed by atoms with Gasteiger partial charge in [0.1, 0.15) is 11.5 Å². The Morgan fingerprint density at radius 2 is 0.763 bits per heavy atom. The van der Waals surface area contributed by atoms with Crippen molar-refractivity contribution in [3.63, 3.8) is 0 Å². The van der Waals surface area contributed by atoms with Crippen LogP contribution in [0.2, 0.25) is 0 Å². The lowest BCUT2D eigenvalue weighted by molar-refractivity contribution is 0.487. The molecule has 0 aliphatic carbocycles. The minimum Gasteiger partial charge on any atom is -0.458 e. The molecule has 4 aliphatic heterocycles. The first-order valence-electron chi connectivity index (χ1n) is 34.3. The Morgan fingerprint density at radius 1 is 0.320 bits per heavy atom. The average molecular weight is 1270 g/mol. The Balaban J connectivity index is 1.08. The largest absolute Gasteiger partial charge is 0.458 e. The lowest BCUT2D eigenvalue weighted by Crippen LogP contribution is -2.64. The van der Waals surface area contributed by atoms with E-state index in [1.54, 1.807) is 0 Å². The maximum atomic E-state index is 7.56. The molecule has 0 unspecified atom stereocenters. The summed E-state index contributed by atoms with van der Waals surface area (Å²) >= 11 is 1.92. The molecule has 4 nitrogen and oxygen atoms in total. The molecule has 0 spiro atoms. The van der Waals surface area contributed by atoms with E-state index in [2.05, 4.69) is 356 Å². The molecule has 14 aromatic rings. The quantitative estimate of drug-likeness (QED) is 0.148. The highest BCUT2D eigenvalue weighted by Gasteiger charge is 2.51. The van der Waals surface area contributed by atoms with Crippen LogP contribution in [0.3, 0.4) is 0 Å². The molecular formula is C90H73B2N3OS. The smallest absolute Gasteiger partial charge is 0.253 e. The number of hydrogen-bond acceptors (Lipinski definition) is 4. The second kappa shape index (κ2) is 22.0. The number of para-hydroxylation sites is 3. The third-order valence-corrected chi connectivity index (χ3v) is 22.1. The van der Waals surface area contributed by atoms with Gasteiger partial charge in [-0.1, -0.05) is 280 Å². The molecule has 97 heavy (non-hydrogen) atoms. The van der Waals surface area contributed by atoms with Gasteiger partial charge in [-0.3, -0.25) is 0 Å². The van der Waals surface area contributed by atoms with Gasteiger partial charge in [0.25, 0.3) is 13.4 Å². The van der Waals surface area contributed by atoms with E-state index in [1.807, 2.05) is 11.8 Å². The van der Waals surface area contributed by atoms with Crippen LogP contribution < -0.4 is 47.3 Å². The predicted octanol–water partition coefficient (Wildman–Crippen LogP) is 20.5. The summed E-state index contributed by atoms with van der Waals surface area (Å²) in [5.41, 5.74) is 30.1. The minimum atomic E-state index is -0.329. The zero-order chi connectivity index (χ0) is 65.8. The van der Waals surface area contributed by atoms with Crippen molar-refractivity contribution in [3.05, 3.63) is 296 Å². The number of anilines is 6. The van der Waals surface area contributed by atoms with Crippen molar-refractivity contribution < 1.29 is 4.74 Å². The zero-order valence-electron chi connectivity index (χ0n) is 56.4. The molecule has 0 saturated carbocycles. The van der Waals surface area contributed by atoms with Crippen molar-refractivity contribution in [2.45, 2.75) is 88.3 Å². The van der Waals surface area contributed by atoms with Crippen LogP contribution in [0.15, 0.2) is 289 Å². The van der Waals surface area contributed by atoms with Crippen LogP contribution in [-0.2, 0) is 16.2 Å². The Hall–Kier alpha value is -10.5. The molecule has 4 aliphatic rings. The molecule has 7 heteroatoms. The summed E-state index contributed by atoms with van der Waals surface area (Å²) in [5, 5.41) is 2.41. The molecular weight excluding hydrogens is 1190 g/mol. The molecule has 466 valence electrons. The van der Waals surface area contributed by atoms with E-state index in [-0.39, 0.29) is 29.7 Å². The van der Waals surface area contributed by atoms with Crippen LogP contribution >= 0.6 is 11.8 Å². The Labute approximate surface area is 575 Å². The summed E-state index contributed by atoms with van der Waals surface area (Å²) in [4.78, 5) is 8.00. The summed E-state index contributed by atoms with van der Waals surface area (Å²) in [6, 6.07) is 106. The van der Waals surface area contributed by atoms with Crippen molar-refractivity contribution in [2.75, 3.05) is 9.80 Å². The molecule has 0 fully saturated rings. The predicted molar refractivity (Wildman–Crippen MR) is 414 cm³/mol. The third kappa shape index (κ3) is 9.36. The van der Waals surface area contributed by atoms with Crippen LogP contribution in [0.25, 0.3) is 72.0 Å². The van der Waals surface area contributed by atoms with E-state index >= 15 is 0 Å². The highest BCUT2D eigenvalue weighted by molar-refractivity contribution is 8.00. The lowest BCUT2D eigenvalue weighted by Gasteiger charge is -2.48. The van der Waals surface area contributed by atoms with E-state index in [0.717, 1.165) is 73.2 Å². The fourth-order valence-corrected chi connectivity index (χ4v) is 17.4. The topological polar surface area (TPSA) is 20.6 Å². The van der Waals surface area contributed by atoms with E-state index in [9.17, 15) is 0 Å². The Kier molecular flexibility index (Phi) is 13.4. The summed E-state index contributed by atoms with van der Waals surface area (Å²) in [6.45, 7) is 21.0. The fraction of sp³-hybridized carbons (Fsp3) is 0.133. The minimum absolute atomic E-state index is 0.0790. The van der Waals surface area contributed by atoms with E-state index in [0.29, 0.717) is 0 Å². The molecule has 13 aromatic carbocycles. The highest BCUT2D eigenvalue weighted by Crippen LogP contribution is 2.58. The van der Waals surface area contributed by atoms with Crippen molar-refractivity contribution in [1.29, 1.82) is 0 Å². The number of rotatable bonds is 7. The monoisotopic (exact) mass is 1270 g/mol. The molecule has 0 radical (unpaired) electrons. The van der Waals surface area contributed by atoms with Gasteiger partial charge in [-0.05, 0) is 161 Å². The normalized spacial score (nSPS) is 13.6. The van der Waals surface area contributed by atoms with Crippen LogP contribution in [0.1, 0.15) is 79.0 Å². The highest BCUT2D eigenvalue weighted by atomic mass is 32.2. The lowest BCUT2D eigenvalue weighted by atomic mass is 9.31. The summed E-state index contributed by atoms with van der Waals surface area (Å²) < 4.78 is 10.1. The Bertz CT molecular complexity index is 5400. The Morgan fingerprint density at radius 3 is 1.31 bits per heavy atom. The van der Waals surface area contributed by atoms with Crippen LogP contribution in [0.5, 0.6) is 11.5 Å². The average Bonchev–Trinajstić information content (AvgIpc) is 1.27. The second-order valence-corrected chi connectivity index (χ2v) is 31.0. The summed E-state index contributed by atoms with van der Waals surface area (Å²) in [5.74, 6) is 1.81. The SMILES string of the molecule is CC(C)(C)c1cc(-c2ccccc2)c(N2c3cc4c(cc3B3c5cc6c7c(c5N(c5c(-c8ccccc8)cc(C(C)(C)C)cc5-c5ccccc5)c5cc(C(C)(C)C)cc2c53)Sc2ccccc2B7c2ccccc2O6)c2ccccc2n4-c2ccccc2)c(-c2ccccc2)c1. The molecule has 0 atom stereocenters. The second-order valence-electron chi connectivity index (χ2n) is 30.0. The standard InChI is InChI=1S/C90H73B2N3OS/c1-88(2,3)60-47-65(56-31-15-10-16-32-56)84(66(48-60)57-33-17-11-18-34-57)94-76-55-75-69(64-41-25-28-44-74(64)93(75)63-39-23-14-24-40-63)53-72(76)92-73-54-80-83-87(97-81-46-30-27-43-71(81)91(83)70-42-26-29-45-79(70)96-80)86(73)95(78-52-62(90(7,8)9)51-77(94)82(78)92)85-67(58-35-19-12-20-36-58)49-61(89(4,5)6)50-68(85)59-37-21-13-22-38-59/h10-55H,1-9H3. The number of hydrogen-bond donors (Lipinski definition) is 0. The van der Waals surface area contributed by atoms with E-state index < -0.39 is 0 Å². The first-order valence-corrected chi connectivity index (χ1v) is 35.1. The van der Waals surface area contributed by atoms with Gasteiger partial charge in [0.05, 0.1) is 28.1 Å². The number of benzene rings is 13. The van der Waals surface area contributed by atoms with Crippen molar-refractivity contribution >= 4 is 114 Å². The van der Waals surface area contributed by atoms with Gasteiger partial charge in [0.2, 0.25) is 0 Å². The van der Waals surface area contributed by atoms with Crippen molar-refractivity contribution in [1.82, 2.24) is 4.57 Å². The molecule has 5 heterocycles. The molecule has 0 N–H and O–H groups in total. The first-order chi connectivity index (χ1) is 47.0. The van der Waals surface area contributed by atoms with Gasteiger partial charge in [-0.25, -0.2) is 0 Å². The molecule has 0 saturated heterocycles. The van der Waals surface area contributed by atoms with Gasteiger partial charge in [0, 0.05) is 65.6 Å². The molecule has 18 rings (SSSR count). The van der Waals surface area contributed by atoms with Crippen molar-refractivity contribution in [2.24, 2.45) is 0 Å². The van der Waals surface area contributed by atoms with Gasteiger partial charge in [0.15, 0.2) is 0 Å². The van der Waals surface area contributed by atoms with E-state index in [4.69, 9.17) is 4.74 Å². The number of aromatic nitrogens is 1. The number of fused-ring (bicyclic) bond motifs is 12. The maximum Gasteiger partial charge on any atom is 0.253 e. The maximum absolute atomic E-state index is 7.56. The first kappa shape index (κ1) is 59.1. The van der Waals surface area contributed by atoms with Gasteiger partial charge >= 0.3 is 0 Å². The fourth-order valence-electron chi connectivity index (χ4n) is 16.1. The van der Waals surface area contributed by atoms with Crippen LogP contribution in [0.4, 0.5) is 34.1 Å². The number of nitrogens with zero attached hydrogens (tertiary/aromatic N) is 3. The van der Waals surface area contributed by atoms with Crippen LogP contribution in [-0.4, -0.2) is 18.0 Å². The van der Waals surface area contributed by atoms with Gasteiger partial charge < -0.3 is 19.1 Å². The van der Waals surface area contributed by atoms with Crippen molar-refractivity contribution in [3.8, 4) is 61.7 Å². The third-order valence-electron chi connectivity index (χ3n) is 20.9. The van der Waals surface area contributed by atoms with Gasteiger partial charge in [-0.15, -0.1) is 0 Å². The summed E-state index contributed by atoms with van der Waals surface area (Å²) in [7, 11) is 0. The van der Waals surface area contributed by atoms with Crippen LogP contribution in [0, 0.1) is 0 Å². The molecule has 0 bridgehead atoms. The zero-order valence-corrected chi connectivity index (χ0v) is 57.2. The van der Waals surface area contributed by atoms with Gasteiger partial charge in [-0.2, -0.15) is 0 Å².